The van der Waals surface area contributed by atoms with Crippen molar-refractivity contribution in [3.63, 3.8) is 0 Å². The fraction of sp³-hybridized carbons (Fsp3) is 0.611. The molecule has 57 heavy (non-hydrogen) atoms. The summed E-state index contributed by atoms with van der Waals surface area (Å²) in [6.45, 7) is 19.9. The number of hydrogen-bond donors (Lipinski definition) is 2. The minimum absolute atomic E-state index is 0.184. The van der Waals surface area contributed by atoms with Gasteiger partial charge in [-0.3, -0.25) is 19.8 Å². The number of H-pyrrole nitrogens is 2. The first kappa shape index (κ1) is 41.3. The summed E-state index contributed by atoms with van der Waals surface area (Å²) in [6, 6.07) is 0. The molecular weight excluding hydrogens is 808 g/mol. The number of fused-ring (bicyclic) bond motifs is 2. The van der Waals surface area contributed by atoms with Gasteiger partial charge in [0.2, 0.25) is 0 Å². The number of aromatic amines is 2. The highest BCUT2D eigenvalue weighted by Crippen LogP contribution is 2.22. The van der Waals surface area contributed by atoms with E-state index in [9.17, 15) is 19.2 Å². The Morgan fingerprint density at radius 3 is 1.58 bits per heavy atom. The summed E-state index contributed by atoms with van der Waals surface area (Å²) < 4.78 is 24.8. The van der Waals surface area contributed by atoms with Crippen molar-refractivity contribution in [3.8, 4) is 0 Å². The number of amides is 2. The number of carbonyl (C=O) groups excluding carboxylic acids is 2. The number of piperazine rings is 2. The maximum Gasteiger partial charge on any atom is 0.410 e. The molecule has 7 heterocycles. The minimum Gasteiger partial charge on any atom is -0.494 e. The fourth-order valence-electron chi connectivity index (χ4n) is 6.48. The van der Waals surface area contributed by atoms with Crippen LogP contribution in [-0.4, -0.2) is 138 Å². The molecule has 21 heteroatoms. The zero-order valence-electron chi connectivity index (χ0n) is 33.7. The van der Waals surface area contributed by atoms with Crippen LogP contribution in [0.25, 0.3) is 17.3 Å². The summed E-state index contributed by atoms with van der Waals surface area (Å²) in [6.07, 6.45) is 2.02. The van der Waals surface area contributed by atoms with Gasteiger partial charge in [-0.25, -0.2) is 19.6 Å². The molecule has 2 amide bonds. The van der Waals surface area contributed by atoms with Crippen LogP contribution in [0.3, 0.4) is 0 Å². The van der Waals surface area contributed by atoms with Crippen molar-refractivity contribution in [2.75, 3.05) is 75.4 Å². The predicted octanol–water partition coefficient (Wildman–Crippen LogP) is 3.18. The number of hydrogen-bond acceptors (Lipinski definition) is 14. The second-order valence-corrected chi connectivity index (χ2v) is 16.4. The van der Waals surface area contributed by atoms with Gasteiger partial charge in [0.05, 0.1) is 11.4 Å². The molecule has 4 aromatic heterocycles. The summed E-state index contributed by atoms with van der Waals surface area (Å²) in [5.41, 5.74) is 0.977. The number of nitrogens with zero attached hydrogens (tertiary/aromatic N) is 10. The quantitative estimate of drug-likeness (QED) is 0.296. The number of halogens is 1. The number of ether oxygens (including phenoxy) is 4. The lowest BCUT2D eigenvalue weighted by Crippen LogP contribution is -2.51. The van der Waals surface area contributed by atoms with Gasteiger partial charge in [-0.2, -0.15) is 19.0 Å². The largest absolute Gasteiger partial charge is 0.494 e. The predicted molar refractivity (Wildman–Crippen MR) is 214 cm³/mol. The van der Waals surface area contributed by atoms with Gasteiger partial charge in [0, 0.05) is 52.4 Å². The van der Waals surface area contributed by atoms with E-state index in [0.717, 1.165) is 0 Å². The van der Waals surface area contributed by atoms with Gasteiger partial charge in [0.1, 0.15) is 42.1 Å². The SMILES string of the molecule is CCc1nc2nc(Br)[nH]n2c(=O)c1N1CCN(C(=O)OC(C)(C)C)CC1.CCc1nc2nc(C3=COCCO3)[nH]n2c(=O)c1N1CCN(C(=O)OC(C)(C)C)CC1. The van der Waals surface area contributed by atoms with Crippen molar-refractivity contribution < 1.29 is 28.5 Å². The Labute approximate surface area is 337 Å². The second-order valence-electron chi connectivity index (χ2n) is 15.6. The molecule has 7 rings (SSSR count). The highest BCUT2D eigenvalue weighted by atomic mass is 79.9. The first-order valence-electron chi connectivity index (χ1n) is 19.1. The van der Waals surface area contributed by atoms with E-state index < -0.39 is 11.2 Å². The van der Waals surface area contributed by atoms with E-state index in [1.165, 1.54) is 15.3 Å². The van der Waals surface area contributed by atoms with Crippen LogP contribution in [0.15, 0.2) is 20.6 Å². The smallest absolute Gasteiger partial charge is 0.410 e. The van der Waals surface area contributed by atoms with Gasteiger partial charge in [-0.05, 0) is 70.3 Å². The van der Waals surface area contributed by atoms with E-state index in [1.54, 1.807) is 9.80 Å². The molecule has 0 saturated carbocycles. The van der Waals surface area contributed by atoms with Crippen LogP contribution < -0.4 is 20.9 Å². The Balaban J connectivity index is 0.000000196. The number of aryl methyl sites for hydroxylation is 2. The molecule has 310 valence electrons. The molecule has 0 unspecified atom stereocenters. The van der Waals surface area contributed by atoms with Gasteiger partial charge in [0.15, 0.2) is 16.3 Å². The van der Waals surface area contributed by atoms with E-state index in [0.29, 0.717) is 123 Å². The highest BCUT2D eigenvalue weighted by Gasteiger charge is 2.31. The van der Waals surface area contributed by atoms with Crippen LogP contribution in [0.4, 0.5) is 21.0 Å². The molecule has 20 nitrogen and oxygen atoms in total. The Bertz CT molecular complexity index is 2250. The molecule has 3 aliphatic rings. The first-order chi connectivity index (χ1) is 27.0. The zero-order valence-corrected chi connectivity index (χ0v) is 35.3. The lowest BCUT2D eigenvalue weighted by Gasteiger charge is -2.36. The first-order valence-corrected chi connectivity index (χ1v) is 19.8. The monoisotopic (exact) mass is 858 g/mol. The van der Waals surface area contributed by atoms with Crippen molar-refractivity contribution in [2.45, 2.75) is 79.4 Å². The number of nitrogens with one attached hydrogen (secondary N) is 2. The molecule has 0 atom stereocenters. The van der Waals surface area contributed by atoms with Crippen molar-refractivity contribution in [1.29, 1.82) is 0 Å². The van der Waals surface area contributed by atoms with Crippen molar-refractivity contribution >= 4 is 56.8 Å². The van der Waals surface area contributed by atoms with E-state index in [2.05, 4.69) is 46.1 Å². The Hall–Kier alpha value is -5.34. The molecule has 2 N–H and O–H groups in total. The minimum atomic E-state index is -0.543. The van der Waals surface area contributed by atoms with Crippen LogP contribution in [-0.2, 0) is 31.8 Å². The molecule has 0 aliphatic carbocycles. The summed E-state index contributed by atoms with van der Waals surface area (Å²) in [5, 5.41) is 5.81. The fourth-order valence-corrected chi connectivity index (χ4v) is 6.82. The third-order valence-corrected chi connectivity index (χ3v) is 9.46. The van der Waals surface area contributed by atoms with E-state index >= 15 is 0 Å². The number of anilines is 2. The van der Waals surface area contributed by atoms with Gasteiger partial charge in [-0.15, -0.1) is 0 Å². The average Bonchev–Trinajstić information content (AvgIpc) is 3.78. The van der Waals surface area contributed by atoms with Crippen molar-refractivity contribution in [2.24, 2.45) is 0 Å². The standard InChI is InChI=1S/C20H28N6O5.C16H23BrN6O3/c1-5-13-15(24-6-8-25(9-7-24)19(28)31-20(2,3)4)17(27)26-18(21-13)22-16(23-26)14-12-29-10-11-30-14;1-5-10-11(12(24)23-14(18-10)19-13(17)20-23)21-6-8-22(9-7-21)15(25)26-16(2,3)4/h12H,5-11H2,1-4H3,(H,21,22,23);5-9H2,1-4H3,(H,18,19,20). The molecule has 4 aromatic rings. The van der Waals surface area contributed by atoms with Crippen LogP contribution >= 0.6 is 15.9 Å². The van der Waals surface area contributed by atoms with Crippen molar-refractivity contribution in [3.05, 3.63) is 48.9 Å². The molecule has 3 aliphatic heterocycles. The maximum absolute atomic E-state index is 13.3. The zero-order chi connectivity index (χ0) is 41.2. The third kappa shape index (κ3) is 9.45. The highest BCUT2D eigenvalue weighted by molar-refractivity contribution is 9.10. The van der Waals surface area contributed by atoms with Gasteiger partial charge >= 0.3 is 12.2 Å². The third-order valence-electron chi connectivity index (χ3n) is 9.11. The van der Waals surface area contributed by atoms with Gasteiger partial charge in [0.25, 0.3) is 22.7 Å². The molecule has 0 bridgehead atoms. The Kier molecular flexibility index (Phi) is 12.1. The van der Waals surface area contributed by atoms with E-state index in [-0.39, 0.29) is 29.1 Å². The summed E-state index contributed by atoms with van der Waals surface area (Å²) >= 11 is 3.24. The summed E-state index contributed by atoms with van der Waals surface area (Å²) in [7, 11) is 0. The molecule has 0 aromatic carbocycles. The van der Waals surface area contributed by atoms with Crippen LogP contribution in [0.5, 0.6) is 0 Å². The number of aromatic nitrogens is 8. The van der Waals surface area contributed by atoms with Crippen molar-refractivity contribution in [1.82, 2.24) is 49.0 Å². The van der Waals surface area contributed by atoms with Crippen LogP contribution in [0, 0.1) is 0 Å². The topological polar surface area (TPSA) is 210 Å². The van der Waals surface area contributed by atoms with Gasteiger partial charge < -0.3 is 38.5 Å². The van der Waals surface area contributed by atoms with Crippen LogP contribution in [0.2, 0.25) is 0 Å². The normalized spacial score (nSPS) is 16.5. The molecular formula is C36H51BrN12O8. The van der Waals surface area contributed by atoms with Gasteiger partial charge in [-0.1, -0.05) is 13.8 Å². The van der Waals surface area contributed by atoms with E-state index in [4.69, 9.17) is 18.9 Å². The molecule has 0 radical (unpaired) electrons. The summed E-state index contributed by atoms with van der Waals surface area (Å²) in [5.74, 6) is 1.44. The Morgan fingerprint density at radius 1 is 0.702 bits per heavy atom. The Morgan fingerprint density at radius 2 is 1.16 bits per heavy atom. The lowest BCUT2D eigenvalue weighted by atomic mass is 10.2. The lowest BCUT2D eigenvalue weighted by molar-refractivity contribution is 0.0230. The number of rotatable bonds is 5. The summed E-state index contributed by atoms with van der Waals surface area (Å²) in [4.78, 5) is 75.7. The average molecular weight is 860 g/mol. The van der Waals surface area contributed by atoms with E-state index in [1.807, 2.05) is 65.2 Å². The maximum atomic E-state index is 13.3. The molecule has 2 saturated heterocycles. The number of carbonyl (C=O) groups is 2. The molecule has 0 spiro atoms. The van der Waals surface area contributed by atoms with Crippen LogP contribution in [0.1, 0.15) is 72.6 Å². The molecule has 2 fully saturated rings. The second kappa shape index (κ2) is 16.6.